The highest BCUT2D eigenvalue weighted by atomic mass is 16.7. The van der Waals surface area contributed by atoms with Gasteiger partial charge in [0.15, 0.2) is 28.8 Å². The molecule has 0 aliphatic carbocycles. The van der Waals surface area contributed by atoms with E-state index in [4.69, 9.17) is 27.8 Å². The molecule has 36 heavy (non-hydrogen) atoms. The number of methoxy groups -OCH3 is 1. The minimum atomic E-state index is -1.76. The van der Waals surface area contributed by atoms with Crippen molar-refractivity contribution in [3.63, 3.8) is 0 Å². The third-order valence-electron chi connectivity index (χ3n) is 6.05. The number of esters is 1. The van der Waals surface area contributed by atoms with E-state index >= 15 is 0 Å². The van der Waals surface area contributed by atoms with Gasteiger partial charge in [0.1, 0.15) is 12.2 Å². The average Bonchev–Trinajstić information content (AvgIpc) is 2.82. The molecule has 190 valence electrons. The lowest BCUT2D eigenvalue weighted by Gasteiger charge is -2.40. The topological polar surface area (TPSA) is 195 Å². The van der Waals surface area contributed by atoms with Crippen LogP contribution in [0.5, 0.6) is 23.0 Å². The Morgan fingerprint density at radius 1 is 0.972 bits per heavy atom. The summed E-state index contributed by atoms with van der Waals surface area (Å²) in [6, 6.07) is 2.21. The second-order valence-electron chi connectivity index (χ2n) is 8.32. The Labute approximate surface area is 199 Å². The Kier molecular flexibility index (Phi) is 5.43. The van der Waals surface area contributed by atoms with Crippen LogP contribution in [0.1, 0.15) is 13.8 Å². The third kappa shape index (κ3) is 3.39. The number of rotatable bonds is 4. The molecule has 3 heterocycles. The SMILES string of the molecule is COc1cc2c(=O)oc3c(OC4OC(C)C(OC(C)=O)C(O)C4O)c(O)cc4c(=O)oc(c1O)c2c34. The van der Waals surface area contributed by atoms with Crippen LogP contribution < -0.4 is 20.7 Å². The van der Waals surface area contributed by atoms with E-state index in [1.54, 1.807) is 0 Å². The quantitative estimate of drug-likeness (QED) is 0.172. The first kappa shape index (κ1) is 23.7. The standard InChI is InChI=1S/C23H20O13/c1-6-17(33-7(2)24)15(27)16(28)23(32-6)36-18-10(25)4-8-13-12-9(22(30)35-20(13)18)5-11(31-3)14(26)19(12)34-21(8)29/h4-6,15-17,23,25-28H,1-3H3. The fraction of sp³-hybridized carbons (Fsp3) is 0.348. The van der Waals surface area contributed by atoms with Gasteiger partial charge in [-0.15, -0.1) is 0 Å². The maximum atomic E-state index is 12.9. The summed E-state index contributed by atoms with van der Waals surface area (Å²) in [4.78, 5) is 36.9. The summed E-state index contributed by atoms with van der Waals surface area (Å²) in [6.45, 7) is 2.59. The Hall–Kier alpha value is -4.07. The molecule has 5 unspecified atom stereocenters. The van der Waals surface area contributed by atoms with Gasteiger partial charge in [-0.1, -0.05) is 0 Å². The monoisotopic (exact) mass is 504 g/mol. The Balaban J connectivity index is 1.70. The predicted molar refractivity (Wildman–Crippen MR) is 120 cm³/mol. The van der Waals surface area contributed by atoms with Gasteiger partial charge in [0, 0.05) is 17.7 Å². The number of hydrogen-bond donors (Lipinski definition) is 4. The number of carbonyl (C=O) groups is 1. The largest absolute Gasteiger partial charge is 0.504 e. The highest BCUT2D eigenvalue weighted by molar-refractivity contribution is 6.22. The number of aliphatic hydroxyl groups is 2. The maximum Gasteiger partial charge on any atom is 0.344 e. The molecule has 5 atom stereocenters. The highest BCUT2D eigenvalue weighted by Crippen LogP contribution is 2.45. The normalized spacial score (nSPS) is 24.4. The molecule has 5 rings (SSSR count). The number of phenols is 2. The molecule has 4 aromatic rings. The smallest absolute Gasteiger partial charge is 0.344 e. The van der Waals surface area contributed by atoms with E-state index in [0.29, 0.717) is 0 Å². The number of hydrogen-bond acceptors (Lipinski definition) is 13. The van der Waals surface area contributed by atoms with Crippen molar-refractivity contribution in [2.45, 2.75) is 44.6 Å². The molecule has 0 amide bonds. The Bertz CT molecular complexity index is 1620. The number of aromatic hydroxyl groups is 2. The molecule has 0 bridgehead atoms. The second-order valence-corrected chi connectivity index (χ2v) is 8.32. The molecule has 0 radical (unpaired) electrons. The van der Waals surface area contributed by atoms with Crippen LogP contribution in [0.2, 0.25) is 0 Å². The fourth-order valence-corrected chi connectivity index (χ4v) is 4.40. The van der Waals surface area contributed by atoms with Gasteiger partial charge in [0.25, 0.3) is 0 Å². The van der Waals surface area contributed by atoms with Crippen molar-refractivity contribution in [2.75, 3.05) is 7.11 Å². The summed E-state index contributed by atoms with van der Waals surface area (Å²) in [6.07, 6.45) is -7.13. The first-order chi connectivity index (χ1) is 17.0. The zero-order chi connectivity index (χ0) is 26.0. The van der Waals surface area contributed by atoms with Crippen LogP contribution in [0.15, 0.2) is 30.6 Å². The second kappa shape index (κ2) is 8.26. The van der Waals surface area contributed by atoms with Crippen molar-refractivity contribution in [3.05, 3.63) is 33.0 Å². The number of carbonyl (C=O) groups excluding carboxylic acids is 1. The molecule has 1 fully saturated rings. The summed E-state index contributed by atoms with van der Waals surface area (Å²) in [5.41, 5.74) is -2.65. The first-order valence-corrected chi connectivity index (χ1v) is 10.7. The summed E-state index contributed by atoms with van der Waals surface area (Å²) in [7, 11) is 1.24. The molecule has 1 saturated heterocycles. The van der Waals surface area contributed by atoms with Gasteiger partial charge >= 0.3 is 17.2 Å². The molecule has 2 aromatic carbocycles. The van der Waals surface area contributed by atoms with Crippen molar-refractivity contribution in [3.8, 4) is 23.0 Å². The van der Waals surface area contributed by atoms with Crippen LogP contribution in [0, 0.1) is 0 Å². The summed E-state index contributed by atoms with van der Waals surface area (Å²) in [5.74, 6) is -2.53. The van der Waals surface area contributed by atoms with Crippen LogP contribution in [-0.2, 0) is 14.3 Å². The van der Waals surface area contributed by atoms with E-state index in [1.165, 1.54) is 20.1 Å². The van der Waals surface area contributed by atoms with Gasteiger partial charge in [-0.2, -0.15) is 0 Å². The molecule has 2 aromatic heterocycles. The number of phenolic OH excluding ortho intramolecular Hbond substituents is 2. The molecule has 13 nitrogen and oxygen atoms in total. The van der Waals surface area contributed by atoms with Gasteiger partial charge in [-0.3, -0.25) is 4.79 Å². The minimum Gasteiger partial charge on any atom is -0.504 e. The van der Waals surface area contributed by atoms with Crippen molar-refractivity contribution in [1.29, 1.82) is 0 Å². The number of aliphatic hydroxyl groups excluding tert-OH is 2. The summed E-state index contributed by atoms with van der Waals surface area (Å²) >= 11 is 0. The molecule has 0 spiro atoms. The fourth-order valence-electron chi connectivity index (χ4n) is 4.40. The molecule has 1 aliphatic rings. The number of ether oxygens (including phenoxy) is 4. The van der Waals surface area contributed by atoms with Gasteiger partial charge in [-0.05, 0) is 19.1 Å². The summed E-state index contributed by atoms with van der Waals surface area (Å²) in [5, 5.41) is 41.9. The Morgan fingerprint density at radius 3 is 2.22 bits per heavy atom. The molecular formula is C23H20O13. The van der Waals surface area contributed by atoms with Crippen LogP contribution in [-0.4, -0.2) is 64.2 Å². The molecule has 0 saturated carbocycles. The zero-order valence-corrected chi connectivity index (χ0v) is 19.0. The first-order valence-electron chi connectivity index (χ1n) is 10.7. The summed E-state index contributed by atoms with van der Waals surface area (Å²) < 4.78 is 31.8. The van der Waals surface area contributed by atoms with Crippen molar-refractivity contribution < 1.29 is 53.0 Å². The lowest BCUT2D eigenvalue weighted by atomic mass is 9.99. The van der Waals surface area contributed by atoms with Crippen molar-refractivity contribution in [2.24, 2.45) is 0 Å². The van der Waals surface area contributed by atoms with Gasteiger partial charge in [0.05, 0.1) is 24.0 Å². The molecular weight excluding hydrogens is 484 g/mol. The van der Waals surface area contributed by atoms with Crippen LogP contribution in [0.25, 0.3) is 32.7 Å². The lowest BCUT2D eigenvalue weighted by Crippen LogP contribution is -2.59. The third-order valence-corrected chi connectivity index (χ3v) is 6.05. The van der Waals surface area contributed by atoms with E-state index in [2.05, 4.69) is 0 Å². The van der Waals surface area contributed by atoms with E-state index in [1.807, 2.05) is 0 Å². The molecule has 1 aliphatic heterocycles. The van der Waals surface area contributed by atoms with E-state index in [0.717, 1.165) is 13.0 Å². The highest BCUT2D eigenvalue weighted by Gasteiger charge is 2.46. The molecule has 4 N–H and O–H groups in total. The predicted octanol–water partition coefficient (Wildman–Crippen LogP) is 0.687. The Morgan fingerprint density at radius 2 is 1.58 bits per heavy atom. The van der Waals surface area contributed by atoms with E-state index < -0.39 is 70.8 Å². The van der Waals surface area contributed by atoms with Crippen LogP contribution in [0.3, 0.4) is 0 Å². The van der Waals surface area contributed by atoms with Crippen LogP contribution in [0.4, 0.5) is 0 Å². The van der Waals surface area contributed by atoms with Gasteiger partial charge < -0.3 is 48.2 Å². The van der Waals surface area contributed by atoms with Crippen LogP contribution >= 0.6 is 0 Å². The average molecular weight is 504 g/mol. The van der Waals surface area contributed by atoms with Crippen molar-refractivity contribution >= 4 is 38.7 Å². The van der Waals surface area contributed by atoms with Gasteiger partial charge in [-0.25, -0.2) is 9.59 Å². The lowest BCUT2D eigenvalue weighted by molar-refractivity contribution is -0.272. The number of benzene rings is 2. The van der Waals surface area contributed by atoms with E-state index in [9.17, 15) is 34.8 Å². The maximum absolute atomic E-state index is 12.9. The zero-order valence-electron chi connectivity index (χ0n) is 19.0. The molecule has 13 heteroatoms. The minimum absolute atomic E-state index is 0.00689. The van der Waals surface area contributed by atoms with Crippen molar-refractivity contribution in [1.82, 2.24) is 0 Å². The van der Waals surface area contributed by atoms with E-state index in [-0.39, 0.29) is 32.9 Å². The van der Waals surface area contributed by atoms with Gasteiger partial charge in [0.2, 0.25) is 17.8 Å².